The zero-order valence-corrected chi connectivity index (χ0v) is 26.1. The predicted octanol–water partition coefficient (Wildman–Crippen LogP) is 5.80. The van der Waals surface area contributed by atoms with E-state index in [1.165, 1.54) is 18.5 Å². The molecule has 0 aliphatic rings. The monoisotopic (exact) mass is 645 g/mol. The molecule has 0 saturated heterocycles. The largest absolute Gasteiger partial charge is 0.497 e. The fraction of sp³-hybridized carbons (Fsp3) is 0.310. The number of benzene rings is 3. The highest BCUT2D eigenvalue weighted by Gasteiger charge is 2.45. The van der Waals surface area contributed by atoms with E-state index in [1.54, 1.807) is 76.6 Å². The fourth-order valence-corrected chi connectivity index (χ4v) is 6.01. The molecule has 0 radical (unpaired) electrons. The number of hydrogen-bond donors (Lipinski definition) is 0. The summed E-state index contributed by atoms with van der Waals surface area (Å²) in [4.78, 5) is 0. The van der Waals surface area contributed by atoms with Crippen molar-refractivity contribution in [3.8, 4) is 34.5 Å². The van der Waals surface area contributed by atoms with Crippen LogP contribution in [0.4, 0.5) is 0 Å². The van der Waals surface area contributed by atoms with Crippen LogP contribution in [0.3, 0.4) is 0 Å². The van der Waals surface area contributed by atoms with Crippen molar-refractivity contribution in [2.45, 2.75) is 31.7 Å². The second-order valence-corrected chi connectivity index (χ2v) is 13.0. The van der Waals surface area contributed by atoms with E-state index in [-0.39, 0.29) is 24.9 Å². The van der Waals surface area contributed by atoms with Gasteiger partial charge in [0.2, 0.25) is 21.8 Å². The van der Waals surface area contributed by atoms with Gasteiger partial charge in [0, 0.05) is 46.4 Å². The first-order chi connectivity index (χ1) is 19.5. The maximum absolute atomic E-state index is 14.5. The zero-order chi connectivity index (χ0) is 29.8. The van der Waals surface area contributed by atoms with Crippen molar-refractivity contribution >= 4 is 26.0 Å². The number of rotatable bonds is 12. The van der Waals surface area contributed by atoms with Crippen LogP contribution in [0, 0.1) is 0 Å². The summed E-state index contributed by atoms with van der Waals surface area (Å²) in [6, 6.07) is 17.8. The van der Waals surface area contributed by atoms with Crippen LogP contribution in [-0.2, 0) is 27.9 Å². The average Bonchev–Trinajstić information content (AvgIpc) is 3.48. The van der Waals surface area contributed by atoms with E-state index in [2.05, 4.69) is 26.1 Å². The predicted molar refractivity (Wildman–Crippen MR) is 158 cm³/mol. The Balaban J connectivity index is 1.77. The molecule has 41 heavy (non-hydrogen) atoms. The average molecular weight is 647 g/mol. The molecule has 0 aliphatic carbocycles. The summed E-state index contributed by atoms with van der Waals surface area (Å²) >= 11 is 3.40. The van der Waals surface area contributed by atoms with Gasteiger partial charge in [-0.3, -0.25) is 0 Å². The molecule has 0 unspecified atom stereocenters. The first-order valence-corrected chi connectivity index (χ1v) is 14.8. The minimum atomic E-state index is -4.15. The Labute approximate surface area is 248 Å². The standard InChI is InChI=1S/C29H32BrN3O7S/c1-29(2,28-32-31-27(40-28)19-7-11-22(30)12-8-19)41(34,35)33(17-20-9-13-23(36-3)15-25(20)38-5)18-21-10-14-24(37-4)16-26(21)39-6/h7-16H,17-18H2,1-6H3. The lowest BCUT2D eigenvalue weighted by Gasteiger charge is -2.31. The topological polar surface area (TPSA) is 113 Å². The van der Waals surface area contributed by atoms with Crippen molar-refractivity contribution < 1.29 is 31.8 Å². The van der Waals surface area contributed by atoms with Crippen molar-refractivity contribution in [3.05, 3.63) is 82.2 Å². The molecule has 0 aliphatic heterocycles. The van der Waals surface area contributed by atoms with Gasteiger partial charge in [-0.2, -0.15) is 4.31 Å². The molecule has 1 heterocycles. The van der Waals surface area contributed by atoms with Gasteiger partial charge in [0.25, 0.3) is 0 Å². The summed E-state index contributed by atoms with van der Waals surface area (Å²) in [6.45, 7) is 3.07. The van der Waals surface area contributed by atoms with Crippen LogP contribution in [-0.4, -0.2) is 51.4 Å². The third kappa shape index (κ3) is 6.34. The van der Waals surface area contributed by atoms with E-state index in [0.29, 0.717) is 39.7 Å². The van der Waals surface area contributed by atoms with Crippen LogP contribution in [0.15, 0.2) is 69.6 Å². The van der Waals surface area contributed by atoms with Gasteiger partial charge in [0.1, 0.15) is 23.0 Å². The minimum Gasteiger partial charge on any atom is -0.497 e. The lowest BCUT2D eigenvalue weighted by atomic mass is 10.1. The first kappa shape index (κ1) is 30.4. The van der Waals surface area contributed by atoms with E-state index in [4.69, 9.17) is 23.4 Å². The quantitative estimate of drug-likeness (QED) is 0.189. The van der Waals surface area contributed by atoms with Crippen LogP contribution < -0.4 is 18.9 Å². The molecule has 0 N–H and O–H groups in total. The Hall–Kier alpha value is -3.61. The highest BCUT2D eigenvalue weighted by atomic mass is 79.9. The first-order valence-electron chi connectivity index (χ1n) is 12.6. The van der Waals surface area contributed by atoms with Crippen LogP contribution in [0.2, 0.25) is 0 Å². The number of ether oxygens (including phenoxy) is 4. The molecule has 10 nitrogen and oxygen atoms in total. The van der Waals surface area contributed by atoms with Crippen molar-refractivity contribution in [2.24, 2.45) is 0 Å². The fourth-order valence-electron chi connectivity index (χ4n) is 4.18. The number of methoxy groups -OCH3 is 4. The van der Waals surface area contributed by atoms with Gasteiger partial charge >= 0.3 is 0 Å². The van der Waals surface area contributed by atoms with Crippen molar-refractivity contribution in [2.75, 3.05) is 28.4 Å². The smallest absolute Gasteiger partial charge is 0.247 e. The third-order valence-corrected chi connectivity index (χ3v) is 9.63. The van der Waals surface area contributed by atoms with E-state index in [9.17, 15) is 8.42 Å². The van der Waals surface area contributed by atoms with Gasteiger partial charge in [0.05, 0.1) is 28.4 Å². The Bertz CT molecular complexity index is 1550. The third-order valence-electron chi connectivity index (χ3n) is 6.70. The summed E-state index contributed by atoms with van der Waals surface area (Å²) in [7, 11) is 2.00. The molecule has 3 aromatic carbocycles. The Morgan fingerprint density at radius 3 is 1.76 bits per heavy atom. The molecule has 12 heteroatoms. The second-order valence-electron chi connectivity index (χ2n) is 9.56. The Kier molecular flexibility index (Phi) is 9.25. The Morgan fingerprint density at radius 2 is 1.29 bits per heavy atom. The lowest BCUT2D eigenvalue weighted by Crippen LogP contribution is -2.42. The molecule has 0 saturated carbocycles. The molecule has 0 atom stereocenters. The number of nitrogens with zero attached hydrogens (tertiary/aromatic N) is 3. The molecule has 0 fully saturated rings. The van der Waals surface area contributed by atoms with Gasteiger partial charge in [0.15, 0.2) is 4.75 Å². The molecule has 0 spiro atoms. The second kappa shape index (κ2) is 12.5. The summed E-state index contributed by atoms with van der Waals surface area (Å²) in [6.07, 6.45) is 0. The van der Waals surface area contributed by atoms with Gasteiger partial charge in [-0.25, -0.2) is 8.42 Å². The highest BCUT2D eigenvalue weighted by Crippen LogP contribution is 2.37. The van der Waals surface area contributed by atoms with E-state index in [1.807, 2.05) is 12.1 Å². The molecule has 0 amide bonds. The molecule has 4 aromatic rings. The SMILES string of the molecule is COc1ccc(CN(Cc2ccc(OC)cc2OC)S(=O)(=O)C(C)(C)c2nnc(-c3ccc(Br)cc3)o2)c(OC)c1. The zero-order valence-electron chi connectivity index (χ0n) is 23.7. The summed E-state index contributed by atoms with van der Waals surface area (Å²) in [5.74, 6) is 2.32. The van der Waals surface area contributed by atoms with Gasteiger partial charge in [-0.15, -0.1) is 10.2 Å². The molecule has 0 bridgehead atoms. The number of sulfonamides is 1. The number of hydrogen-bond acceptors (Lipinski definition) is 9. The van der Waals surface area contributed by atoms with E-state index in [0.717, 1.165) is 4.47 Å². The maximum atomic E-state index is 14.5. The van der Waals surface area contributed by atoms with E-state index < -0.39 is 14.8 Å². The van der Waals surface area contributed by atoms with Crippen LogP contribution >= 0.6 is 15.9 Å². The summed E-state index contributed by atoms with van der Waals surface area (Å²) in [5, 5.41) is 8.28. The van der Waals surface area contributed by atoms with Gasteiger partial charge in [-0.05, 0) is 50.2 Å². The number of aromatic nitrogens is 2. The molecule has 1 aromatic heterocycles. The Morgan fingerprint density at radius 1 is 0.780 bits per heavy atom. The van der Waals surface area contributed by atoms with Gasteiger partial charge in [-0.1, -0.05) is 28.1 Å². The van der Waals surface area contributed by atoms with Crippen molar-refractivity contribution in [1.82, 2.24) is 14.5 Å². The van der Waals surface area contributed by atoms with Crippen LogP contribution in [0.25, 0.3) is 11.5 Å². The molecule has 4 rings (SSSR count). The summed E-state index contributed by atoms with van der Waals surface area (Å²) < 4.78 is 57.3. The molecule has 218 valence electrons. The molecular weight excluding hydrogens is 614 g/mol. The highest BCUT2D eigenvalue weighted by molar-refractivity contribution is 9.10. The lowest BCUT2D eigenvalue weighted by molar-refractivity contribution is 0.341. The minimum absolute atomic E-state index is 0.0121. The normalized spacial score (nSPS) is 11.9. The summed E-state index contributed by atoms with van der Waals surface area (Å²) in [5.41, 5.74) is 1.95. The van der Waals surface area contributed by atoms with E-state index >= 15 is 0 Å². The van der Waals surface area contributed by atoms with Crippen LogP contribution in [0.5, 0.6) is 23.0 Å². The van der Waals surface area contributed by atoms with Crippen LogP contribution in [0.1, 0.15) is 30.9 Å². The van der Waals surface area contributed by atoms with Gasteiger partial charge < -0.3 is 23.4 Å². The maximum Gasteiger partial charge on any atom is 0.247 e. The molecular formula is C29H32BrN3O7S. The van der Waals surface area contributed by atoms with Crippen molar-refractivity contribution in [1.29, 1.82) is 0 Å². The number of halogens is 1. The van der Waals surface area contributed by atoms with Crippen molar-refractivity contribution in [3.63, 3.8) is 0 Å².